The van der Waals surface area contributed by atoms with Crippen LogP contribution in [0.5, 0.6) is 0 Å². The van der Waals surface area contributed by atoms with Crippen LogP contribution in [-0.4, -0.2) is 42.0 Å². The molecule has 6 heteroatoms. The highest BCUT2D eigenvalue weighted by atomic mass is 16.2. The van der Waals surface area contributed by atoms with E-state index in [0.717, 1.165) is 11.4 Å². The van der Waals surface area contributed by atoms with Crippen LogP contribution >= 0.6 is 0 Å². The molecule has 2 aromatic carbocycles. The molecule has 1 aliphatic rings. The second-order valence-electron chi connectivity index (χ2n) is 7.68. The molecule has 1 amide bonds. The first-order valence-electron chi connectivity index (χ1n) is 10.4. The number of nitrogens with zero attached hydrogens (tertiary/aromatic N) is 4. The van der Waals surface area contributed by atoms with Gasteiger partial charge in [-0.3, -0.25) is 4.79 Å². The number of hydrogen-bond acceptors (Lipinski definition) is 5. The summed E-state index contributed by atoms with van der Waals surface area (Å²) in [5.74, 6) is 0.698. The molecule has 6 nitrogen and oxygen atoms in total. The van der Waals surface area contributed by atoms with Crippen LogP contribution in [0.25, 0.3) is 0 Å². The number of pyridine rings is 1. The summed E-state index contributed by atoms with van der Waals surface area (Å²) in [4.78, 5) is 21.6. The lowest BCUT2D eigenvalue weighted by Crippen LogP contribution is -2.49. The van der Waals surface area contributed by atoms with Crippen LogP contribution in [0.3, 0.4) is 0 Å². The molecule has 0 saturated carbocycles. The number of carbonyl (C=O) groups excluding carboxylic acids is 1. The average molecular weight is 412 g/mol. The van der Waals surface area contributed by atoms with Gasteiger partial charge in [-0.1, -0.05) is 24.3 Å². The number of rotatable bonds is 4. The molecule has 1 aliphatic heterocycles. The van der Waals surface area contributed by atoms with Crippen molar-refractivity contribution in [3.05, 3.63) is 83.0 Å². The zero-order chi connectivity index (χ0) is 21.8. The Balaban J connectivity index is 1.50. The number of aromatic nitrogens is 1. The molecule has 1 fully saturated rings. The highest BCUT2D eigenvalue weighted by Crippen LogP contribution is 2.27. The summed E-state index contributed by atoms with van der Waals surface area (Å²) in [7, 11) is 0. The number of amides is 1. The van der Waals surface area contributed by atoms with Crippen molar-refractivity contribution < 1.29 is 4.79 Å². The van der Waals surface area contributed by atoms with Crippen molar-refractivity contribution in [2.24, 2.45) is 0 Å². The predicted octanol–water partition coefficient (Wildman–Crippen LogP) is 4.28. The molecule has 1 saturated heterocycles. The topological polar surface area (TPSA) is 72.3 Å². The van der Waals surface area contributed by atoms with E-state index in [4.69, 9.17) is 0 Å². The molecular formula is C25H25N5O. The predicted molar refractivity (Wildman–Crippen MR) is 123 cm³/mol. The van der Waals surface area contributed by atoms with E-state index in [9.17, 15) is 10.1 Å². The summed E-state index contributed by atoms with van der Waals surface area (Å²) in [6.45, 7) is 6.61. The Morgan fingerprint density at radius 3 is 2.48 bits per heavy atom. The molecule has 0 unspecified atom stereocenters. The van der Waals surface area contributed by atoms with E-state index < -0.39 is 0 Å². The molecule has 4 rings (SSSR count). The minimum atomic E-state index is 0.00887. The van der Waals surface area contributed by atoms with Gasteiger partial charge in [0.1, 0.15) is 11.9 Å². The van der Waals surface area contributed by atoms with Gasteiger partial charge < -0.3 is 15.1 Å². The number of piperazine rings is 1. The van der Waals surface area contributed by atoms with Gasteiger partial charge in [-0.2, -0.15) is 5.26 Å². The molecule has 156 valence electrons. The maximum atomic E-state index is 13.3. The maximum Gasteiger partial charge on any atom is 0.256 e. The summed E-state index contributed by atoms with van der Waals surface area (Å²) in [5, 5.41) is 12.8. The third kappa shape index (κ3) is 4.22. The third-order valence-electron chi connectivity index (χ3n) is 5.80. The van der Waals surface area contributed by atoms with Gasteiger partial charge in [0.2, 0.25) is 0 Å². The van der Waals surface area contributed by atoms with E-state index in [2.05, 4.69) is 41.2 Å². The SMILES string of the molecule is Cc1cccc(Nc2ccccc2C(=O)N2CCN(c3ncccc3C#N)CC2)c1C. The smallest absolute Gasteiger partial charge is 0.256 e. The Bertz CT molecular complexity index is 1140. The van der Waals surface area contributed by atoms with Crippen molar-refractivity contribution in [1.82, 2.24) is 9.88 Å². The number of nitriles is 1. The molecule has 3 aromatic rings. The Labute approximate surface area is 182 Å². The highest BCUT2D eigenvalue weighted by molar-refractivity contribution is 6.00. The minimum Gasteiger partial charge on any atom is -0.355 e. The molecular weight excluding hydrogens is 386 g/mol. The highest BCUT2D eigenvalue weighted by Gasteiger charge is 2.25. The Hall–Kier alpha value is -3.85. The average Bonchev–Trinajstić information content (AvgIpc) is 2.82. The first-order valence-corrected chi connectivity index (χ1v) is 10.4. The van der Waals surface area contributed by atoms with Gasteiger partial charge >= 0.3 is 0 Å². The van der Waals surface area contributed by atoms with Crippen LogP contribution in [0.15, 0.2) is 60.8 Å². The number of nitrogens with one attached hydrogen (secondary N) is 1. The van der Waals surface area contributed by atoms with Gasteiger partial charge in [0.05, 0.1) is 16.8 Å². The number of para-hydroxylation sites is 1. The number of hydrogen-bond donors (Lipinski definition) is 1. The van der Waals surface area contributed by atoms with Gasteiger partial charge in [-0.05, 0) is 55.3 Å². The van der Waals surface area contributed by atoms with E-state index in [1.807, 2.05) is 41.3 Å². The summed E-state index contributed by atoms with van der Waals surface area (Å²) < 4.78 is 0. The van der Waals surface area contributed by atoms with Crippen LogP contribution in [-0.2, 0) is 0 Å². The van der Waals surface area contributed by atoms with E-state index in [1.165, 1.54) is 11.1 Å². The number of carbonyl (C=O) groups is 1. The van der Waals surface area contributed by atoms with Crippen molar-refractivity contribution in [3.8, 4) is 6.07 Å². The van der Waals surface area contributed by atoms with E-state index in [0.29, 0.717) is 43.1 Å². The summed E-state index contributed by atoms with van der Waals surface area (Å²) in [6, 6.07) is 19.5. The molecule has 0 bridgehead atoms. The Kier molecular flexibility index (Phi) is 5.85. The summed E-state index contributed by atoms with van der Waals surface area (Å²) in [5.41, 5.74) is 5.40. The summed E-state index contributed by atoms with van der Waals surface area (Å²) >= 11 is 0. The first kappa shape index (κ1) is 20.4. The zero-order valence-corrected chi connectivity index (χ0v) is 17.8. The molecule has 0 radical (unpaired) electrons. The van der Waals surface area contributed by atoms with Gasteiger partial charge in [-0.25, -0.2) is 4.98 Å². The van der Waals surface area contributed by atoms with Gasteiger partial charge in [-0.15, -0.1) is 0 Å². The van der Waals surface area contributed by atoms with Crippen molar-refractivity contribution >= 4 is 23.1 Å². The molecule has 0 spiro atoms. The monoisotopic (exact) mass is 411 g/mol. The van der Waals surface area contributed by atoms with Crippen LogP contribution < -0.4 is 10.2 Å². The molecule has 0 aliphatic carbocycles. The van der Waals surface area contributed by atoms with Crippen molar-refractivity contribution in [2.75, 3.05) is 36.4 Å². The van der Waals surface area contributed by atoms with Crippen LogP contribution in [0.4, 0.5) is 17.2 Å². The number of benzene rings is 2. The second-order valence-corrected chi connectivity index (χ2v) is 7.68. The fourth-order valence-corrected chi connectivity index (χ4v) is 3.84. The van der Waals surface area contributed by atoms with Crippen molar-refractivity contribution in [2.45, 2.75) is 13.8 Å². The fraction of sp³-hybridized carbons (Fsp3) is 0.240. The quantitative estimate of drug-likeness (QED) is 0.694. The van der Waals surface area contributed by atoms with Gasteiger partial charge in [0.15, 0.2) is 0 Å². The van der Waals surface area contributed by atoms with Crippen LogP contribution in [0.1, 0.15) is 27.0 Å². The lowest BCUT2D eigenvalue weighted by atomic mass is 10.1. The summed E-state index contributed by atoms with van der Waals surface area (Å²) in [6.07, 6.45) is 1.70. The van der Waals surface area contributed by atoms with Crippen LogP contribution in [0, 0.1) is 25.2 Å². The largest absolute Gasteiger partial charge is 0.355 e. The maximum absolute atomic E-state index is 13.3. The standard InChI is InChI=1S/C25H25N5O/c1-18-7-5-11-22(19(18)2)28-23-10-4-3-9-21(23)25(31)30-15-13-29(14-16-30)24-20(17-26)8-6-12-27-24/h3-12,28H,13-16H2,1-2H3. The zero-order valence-electron chi connectivity index (χ0n) is 17.8. The van der Waals surface area contributed by atoms with Crippen LogP contribution in [0.2, 0.25) is 0 Å². The Morgan fingerprint density at radius 1 is 0.968 bits per heavy atom. The first-order chi connectivity index (χ1) is 15.1. The fourth-order valence-electron chi connectivity index (χ4n) is 3.84. The van der Waals surface area contributed by atoms with Gasteiger partial charge in [0.25, 0.3) is 5.91 Å². The minimum absolute atomic E-state index is 0.00887. The lowest BCUT2D eigenvalue weighted by molar-refractivity contribution is 0.0747. The second kappa shape index (κ2) is 8.88. The molecule has 2 heterocycles. The normalized spacial score (nSPS) is 13.6. The Morgan fingerprint density at radius 2 is 1.71 bits per heavy atom. The van der Waals surface area contributed by atoms with Crippen molar-refractivity contribution in [3.63, 3.8) is 0 Å². The molecule has 0 atom stereocenters. The number of aryl methyl sites for hydroxylation is 1. The molecule has 1 N–H and O–H groups in total. The van der Waals surface area contributed by atoms with E-state index in [-0.39, 0.29) is 5.91 Å². The van der Waals surface area contributed by atoms with E-state index in [1.54, 1.807) is 18.3 Å². The molecule has 31 heavy (non-hydrogen) atoms. The van der Waals surface area contributed by atoms with Gasteiger partial charge in [0, 0.05) is 38.1 Å². The van der Waals surface area contributed by atoms with E-state index >= 15 is 0 Å². The lowest BCUT2D eigenvalue weighted by Gasteiger charge is -2.36. The third-order valence-corrected chi connectivity index (χ3v) is 5.80. The number of anilines is 3. The van der Waals surface area contributed by atoms with Crippen molar-refractivity contribution in [1.29, 1.82) is 5.26 Å². The molecule has 1 aromatic heterocycles.